The Balaban J connectivity index is 2.39. The van der Waals surface area contributed by atoms with Crippen molar-refractivity contribution in [2.45, 2.75) is 79.1 Å². The lowest BCUT2D eigenvalue weighted by atomic mass is 9.84. The third kappa shape index (κ3) is 5.92. The molecule has 0 saturated heterocycles. The first-order valence-corrected chi connectivity index (χ1v) is 7.58. The van der Waals surface area contributed by atoms with E-state index in [9.17, 15) is 0 Å². The van der Waals surface area contributed by atoms with Gasteiger partial charge in [-0.15, -0.1) is 0 Å². The summed E-state index contributed by atoms with van der Waals surface area (Å²) >= 11 is 0. The van der Waals surface area contributed by atoms with E-state index in [4.69, 9.17) is 0 Å². The molecule has 0 aromatic carbocycles. The van der Waals surface area contributed by atoms with Crippen molar-refractivity contribution in [3.8, 4) is 0 Å². The van der Waals surface area contributed by atoms with Gasteiger partial charge < -0.3 is 0 Å². The van der Waals surface area contributed by atoms with Crippen LogP contribution in [0.2, 0.25) is 0 Å². The molecular weight excluding hydrogens is 192 g/mol. The molecular formula is C16H32. The van der Waals surface area contributed by atoms with E-state index >= 15 is 0 Å². The molecule has 0 unspecified atom stereocenters. The summed E-state index contributed by atoms with van der Waals surface area (Å²) in [5, 5.41) is 0. The monoisotopic (exact) mass is 224 g/mol. The van der Waals surface area contributed by atoms with E-state index in [0.29, 0.717) is 0 Å². The Morgan fingerprint density at radius 3 is 0.625 bits per heavy atom. The fraction of sp³-hybridized carbons (Fsp3) is 1.00. The van der Waals surface area contributed by atoms with E-state index in [0.717, 1.165) is 23.7 Å². The first-order valence-electron chi connectivity index (χ1n) is 7.58. The smallest absolute Gasteiger partial charge is 0.0443 e. The summed E-state index contributed by atoms with van der Waals surface area (Å²) in [5.41, 5.74) is 0. The zero-order chi connectivity index (χ0) is 12.0. The topological polar surface area (TPSA) is 0 Å². The molecule has 1 aliphatic rings. The van der Waals surface area contributed by atoms with Crippen molar-refractivity contribution >= 4 is 0 Å². The highest BCUT2D eigenvalue weighted by molar-refractivity contribution is 4.66. The Hall–Kier alpha value is 0. The van der Waals surface area contributed by atoms with Gasteiger partial charge in [0.15, 0.2) is 0 Å². The van der Waals surface area contributed by atoms with Crippen LogP contribution in [0, 0.1) is 23.7 Å². The zero-order valence-electron chi connectivity index (χ0n) is 12.0. The van der Waals surface area contributed by atoms with Crippen LogP contribution in [-0.4, -0.2) is 0 Å². The van der Waals surface area contributed by atoms with Gasteiger partial charge in [-0.2, -0.15) is 0 Å². The lowest BCUT2D eigenvalue weighted by Crippen LogP contribution is -2.08. The average molecular weight is 224 g/mol. The molecule has 1 saturated carbocycles. The van der Waals surface area contributed by atoms with Crippen molar-refractivity contribution in [1.82, 2.24) is 0 Å². The normalized spacial score (nSPS) is 39.8. The average Bonchev–Trinajstić information content (AvgIpc) is 2.27. The highest BCUT2D eigenvalue weighted by Crippen LogP contribution is 2.27. The van der Waals surface area contributed by atoms with Crippen LogP contribution in [0.25, 0.3) is 0 Å². The Morgan fingerprint density at radius 2 is 0.500 bits per heavy atom. The minimum atomic E-state index is 0.960. The molecule has 0 amide bonds. The number of rotatable bonds is 0. The summed E-state index contributed by atoms with van der Waals surface area (Å²) < 4.78 is 0. The predicted molar refractivity (Wildman–Crippen MR) is 73.6 cm³/mol. The van der Waals surface area contributed by atoms with Gasteiger partial charge in [0.25, 0.3) is 0 Å². The van der Waals surface area contributed by atoms with Crippen LogP contribution in [0.1, 0.15) is 79.1 Å². The fourth-order valence-corrected chi connectivity index (χ4v) is 2.85. The van der Waals surface area contributed by atoms with Crippen LogP contribution in [0.5, 0.6) is 0 Å². The second-order valence-corrected chi connectivity index (χ2v) is 6.73. The van der Waals surface area contributed by atoms with Crippen molar-refractivity contribution in [2.24, 2.45) is 23.7 Å². The predicted octanol–water partition coefficient (Wildman–Crippen LogP) is 5.67. The molecule has 0 radical (unpaired) electrons. The molecule has 1 rings (SSSR count). The lowest BCUT2D eigenvalue weighted by molar-refractivity contribution is 0.308. The third-order valence-corrected chi connectivity index (χ3v) is 4.61. The molecule has 0 aromatic heterocycles. The molecule has 0 N–H and O–H groups in total. The molecule has 0 heteroatoms. The molecule has 96 valence electrons. The van der Waals surface area contributed by atoms with Crippen LogP contribution >= 0.6 is 0 Å². The maximum absolute atomic E-state index is 2.45. The molecule has 0 atom stereocenters. The Kier molecular flexibility index (Phi) is 6.46. The summed E-state index contributed by atoms with van der Waals surface area (Å²) in [6, 6.07) is 0. The van der Waals surface area contributed by atoms with E-state index < -0.39 is 0 Å². The van der Waals surface area contributed by atoms with E-state index in [-0.39, 0.29) is 0 Å². The van der Waals surface area contributed by atoms with Crippen molar-refractivity contribution in [3.63, 3.8) is 0 Å². The SMILES string of the molecule is CC1CCC(C)CCC(C)CCC(C)CC1. The van der Waals surface area contributed by atoms with Crippen LogP contribution in [0.4, 0.5) is 0 Å². The van der Waals surface area contributed by atoms with Crippen LogP contribution in [0.3, 0.4) is 0 Å². The van der Waals surface area contributed by atoms with Crippen molar-refractivity contribution in [3.05, 3.63) is 0 Å². The Morgan fingerprint density at radius 1 is 0.375 bits per heavy atom. The van der Waals surface area contributed by atoms with Gasteiger partial charge in [-0.05, 0) is 23.7 Å². The number of hydrogen-bond donors (Lipinski definition) is 0. The summed E-state index contributed by atoms with van der Waals surface area (Å²) in [6.07, 6.45) is 11.7. The molecule has 0 bridgehead atoms. The Bertz CT molecular complexity index is 117. The molecule has 0 aromatic rings. The largest absolute Gasteiger partial charge is 0.0625 e. The number of hydrogen-bond acceptors (Lipinski definition) is 0. The zero-order valence-corrected chi connectivity index (χ0v) is 12.0. The van der Waals surface area contributed by atoms with E-state index in [1.54, 1.807) is 0 Å². The fourth-order valence-electron chi connectivity index (χ4n) is 2.85. The van der Waals surface area contributed by atoms with Crippen molar-refractivity contribution in [1.29, 1.82) is 0 Å². The van der Waals surface area contributed by atoms with Crippen LogP contribution < -0.4 is 0 Å². The molecule has 1 aliphatic carbocycles. The highest BCUT2D eigenvalue weighted by Gasteiger charge is 2.13. The first-order chi connectivity index (χ1) is 7.58. The van der Waals surface area contributed by atoms with Gasteiger partial charge in [0.2, 0.25) is 0 Å². The van der Waals surface area contributed by atoms with Crippen LogP contribution in [-0.2, 0) is 0 Å². The van der Waals surface area contributed by atoms with Gasteiger partial charge >= 0.3 is 0 Å². The molecule has 1 fully saturated rings. The first kappa shape index (κ1) is 14.1. The van der Waals surface area contributed by atoms with E-state index in [2.05, 4.69) is 27.7 Å². The van der Waals surface area contributed by atoms with Gasteiger partial charge in [-0.1, -0.05) is 79.1 Å². The summed E-state index contributed by atoms with van der Waals surface area (Å²) in [7, 11) is 0. The molecule has 0 nitrogen and oxygen atoms in total. The van der Waals surface area contributed by atoms with Crippen LogP contribution in [0.15, 0.2) is 0 Å². The van der Waals surface area contributed by atoms with Gasteiger partial charge in [0, 0.05) is 0 Å². The van der Waals surface area contributed by atoms with Gasteiger partial charge in [-0.3, -0.25) is 0 Å². The second kappa shape index (κ2) is 7.35. The Labute approximate surface area is 103 Å². The molecule has 0 aliphatic heterocycles. The summed E-state index contributed by atoms with van der Waals surface area (Å²) in [4.78, 5) is 0. The summed E-state index contributed by atoms with van der Waals surface area (Å²) in [6.45, 7) is 9.81. The summed E-state index contributed by atoms with van der Waals surface area (Å²) in [5.74, 6) is 3.84. The third-order valence-electron chi connectivity index (χ3n) is 4.61. The molecule has 0 spiro atoms. The molecule has 0 heterocycles. The minimum Gasteiger partial charge on any atom is -0.0625 e. The van der Waals surface area contributed by atoms with E-state index in [1.165, 1.54) is 51.4 Å². The van der Waals surface area contributed by atoms with Crippen molar-refractivity contribution < 1.29 is 0 Å². The maximum atomic E-state index is 2.45. The quantitative estimate of drug-likeness (QED) is 0.497. The lowest BCUT2D eigenvalue weighted by Gasteiger charge is -2.22. The molecule has 16 heavy (non-hydrogen) atoms. The minimum absolute atomic E-state index is 0.960. The van der Waals surface area contributed by atoms with E-state index in [1.807, 2.05) is 0 Å². The van der Waals surface area contributed by atoms with Gasteiger partial charge in [0.1, 0.15) is 0 Å². The standard InChI is InChI=1S/C16H32/c1-13-5-7-14(2)9-11-16(4)12-10-15(3)8-6-13/h13-16H,5-12H2,1-4H3. The van der Waals surface area contributed by atoms with Gasteiger partial charge in [-0.25, -0.2) is 0 Å². The maximum Gasteiger partial charge on any atom is -0.0443 e. The van der Waals surface area contributed by atoms with Gasteiger partial charge in [0.05, 0.1) is 0 Å². The highest BCUT2D eigenvalue weighted by atomic mass is 14.2. The van der Waals surface area contributed by atoms with Crippen molar-refractivity contribution in [2.75, 3.05) is 0 Å². The second-order valence-electron chi connectivity index (χ2n) is 6.73.